The molecular formula is C14H24BrN3O. The lowest BCUT2D eigenvalue weighted by Gasteiger charge is -2.26. The quantitative estimate of drug-likeness (QED) is 0.804. The third kappa shape index (κ3) is 5.35. The fourth-order valence-corrected chi connectivity index (χ4v) is 2.29. The predicted molar refractivity (Wildman–Crippen MR) is 80.9 cm³/mol. The van der Waals surface area contributed by atoms with E-state index in [2.05, 4.69) is 48.7 Å². The van der Waals surface area contributed by atoms with E-state index in [1.165, 1.54) is 0 Å². The van der Waals surface area contributed by atoms with Crippen LogP contribution in [0.3, 0.4) is 0 Å². The van der Waals surface area contributed by atoms with E-state index in [0.29, 0.717) is 18.4 Å². The number of aromatic nitrogens is 2. The number of hydrogen-bond acceptors (Lipinski definition) is 2. The van der Waals surface area contributed by atoms with Crippen molar-refractivity contribution in [2.75, 3.05) is 13.1 Å². The third-order valence-electron chi connectivity index (χ3n) is 2.71. The van der Waals surface area contributed by atoms with Crippen LogP contribution in [0, 0.1) is 18.8 Å². The standard InChI is InChI=1S/C14H24BrN3O/c1-10(2)6-17(7-11(3)4)14(19)9-18-8-13(15)12(5)16-18/h8,10-11H,6-7,9H2,1-5H3. The molecule has 4 nitrogen and oxygen atoms in total. The van der Waals surface area contributed by atoms with Crippen molar-refractivity contribution in [2.24, 2.45) is 11.8 Å². The summed E-state index contributed by atoms with van der Waals surface area (Å²) in [7, 11) is 0. The first-order chi connectivity index (χ1) is 8.79. The number of carbonyl (C=O) groups is 1. The van der Waals surface area contributed by atoms with Crippen LogP contribution in [0.15, 0.2) is 10.7 Å². The number of amides is 1. The van der Waals surface area contributed by atoms with Crippen LogP contribution in [-0.4, -0.2) is 33.7 Å². The summed E-state index contributed by atoms with van der Waals surface area (Å²) in [6.45, 7) is 12.4. The Hall–Kier alpha value is -0.840. The molecule has 1 aromatic rings. The Morgan fingerprint density at radius 1 is 1.32 bits per heavy atom. The smallest absolute Gasteiger partial charge is 0.244 e. The molecule has 1 heterocycles. The molecule has 0 spiro atoms. The molecule has 0 saturated heterocycles. The van der Waals surface area contributed by atoms with Crippen LogP contribution < -0.4 is 0 Å². The molecule has 0 bridgehead atoms. The van der Waals surface area contributed by atoms with Gasteiger partial charge in [-0.2, -0.15) is 5.10 Å². The molecule has 1 aromatic heterocycles. The molecule has 0 aliphatic rings. The van der Waals surface area contributed by atoms with E-state index in [1.54, 1.807) is 4.68 Å². The number of aryl methyl sites for hydroxylation is 1. The van der Waals surface area contributed by atoms with Gasteiger partial charge in [0.05, 0.1) is 10.2 Å². The minimum absolute atomic E-state index is 0.136. The first kappa shape index (κ1) is 16.2. The van der Waals surface area contributed by atoms with Crippen LogP contribution in [0.5, 0.6) is 0 Å². The van der Waals surface area contributed by atoms with Crippen molar-refractivity contribution in [3.8, 4) is 0 Å². The van der Waals surface area contributed by atoms with Crippen LogP contribution >= 0.6 is 15.9 Å². The van der Waals surface area contributed by atoms with Crippen LogP contribution in [0.25, 0.3) is 0 Å². The van der Waals surface area contributed by atoms with Gasteiger partial charge in [0.1, 0.15) is 6.54 Å². The van der Waals surface area contributed by atoms with E-state index in [-0.39, 0.29) is 5.91 Å². The van der Waals surface area contributed by atoms with Gasteiger partial charge in [0.25, 0.3) is 0 Å². The van der Waals surface area contributed by atoms with Gasteiger partial charge in [-0.05, 0) is 34.7 Å². The number of rotatable bonds is 6. The highest BCUT2D eigenvalue weighted by Crippen LogP contribution is 2.13. The Kier molecular flexibility index (Phi) is 6.04. The number of halogens is 1. The maximum Gasteiger partial charge on any atom is 0.244 e. The second kappa shape index (κ2) is 7.08. The van der Waals surface area contributed by atoms with Crippen molar-refractivity contribution in [3.05, 3.63) is 16.4 Å². The van der Waals surface area contributed by atoms with Crippen LogP contribution in [0.1, 0.15) is 33.4 Å². The van der Waals surface area contributed by atoms with Gasteiger partial charge in [0.2, 0.25) is 5.91 Å². The number of hydrogen-bond donors (Lipinski definition) is 0. The summed E-state index contributed by atoms with van der Waals surface area (Å²) in [5.74, 6) is 1.10. The first-order valence-corrected chi connectivity index (χ1v) is 7.56. The molecular weight excluding hydrogens is 306 g/mol. The fraction of sp³-hybridized carbons (Fsp3) is 0.714. The molecule has 0 aromatic carbocycles. The SMILES string of the molecule is Cc1nn(CC(=O)N(CC(C)C)CC(C)C)cc1Br. The van der Waals surface area contributed by atoms with E-state index < -0.39 is 0 Å². The molecule has 0 radical (unpaired) electrons. The van der Waals surface area contributed by atoms with Crippen LogP contribution in [0.2, 0.25) is 0 Å². The molecule has 1 amide bonds. The zero-order valence-electron chi connectivity index (χ0n) is 12.5. The van der Waals surface area contributed by atoms with Crippen molar-refractivity contribution >= 4 is 21.8 Å². The number of carbonyl (C=O) groups excluding carboxylic acids is 1. The Morgan fingerprint density at radius 3 is 2.21 bits per heavy atom. The Bertz CT molecular complexity index is 397. The van der Waals surface area contributed by atoms with Gasteiger partial charge in [0, 0.05) is 19.3 Å². The van der Waals surface area contributed by atoms with E-state index in [9.17, 15) is 4.79 Å². The van der Waals surface area contributed by atoms with Gasteiger partial charge in [-0.3, -0.25) is 9.48 Å². The second-order valence-electron chi connectivity index (χ2n) is 5.85. The average Bonchev–Trinajstić information content (AvgIpc) is 2.55. The summed E-state index contributed by atoms with van der Waals surface area (Å²) >= 11 is 3.42. The summed E-state index contributed by atoms with van der Waals surface area (Å²) in [5, 5.41) is 4.31. The number of nitrogens with zero attached hydrogens (tertiary/aromatic N) is 3. The van der Waals surface area contributed by atoms with Crippen molar-refractivity contribution < 1.29 is 4.79 Å². The molecule has 0 fully saturated rings. The van der Waals surface area contributed by atoms with Gasteiger partial charge in [-0.1, -0.05) is 27.7 Å². The highest BCUT2D eigenvalue weighted by atomic mass is 79.9. The summed E-state index contributed by atoms with van der Waals surface area (Å²) in [4.78, 5) is 14.3. The normalized spacial score (nSPS) is 11.4. The second-order valence-corrected chi connectivity index (χ2v) is 6.70. The highest BCUT2D eigenvalue weighted by molar-refractivity contribution is 9.10. The van der Waals surface area contributed by atoms with Gasteiger partial charge >= 0.3 is 0 Å². The summed E-state index contributed by atoms with van der Waals surface area (Å²) in [5.41, 5.74) is 0.909. The maximum atomic E-state index is 12.4. The van der Waals surface area contributed by atoms with Crippen molar-refractivity contribution in [2.45, 2.75) is 41.2 Å². The highest BCUT2D eigenvalue weighted by Gasteiger charge is 2.17. The lowest BCUT2D eigenvalue weighted by atomic mass is 10.1. The van der Waals surface area contributed by atoms with Gasteiger partial charge < -0.3 is 4.90 Å². The Labute approximate surface area is 124 Å². The molecule has 5 heteroatoms. The lowest BCUT2D eigenvalue weighted by Crippen LogP contribution is -2.39. The summed E-state index contributed by atoms with van der Waals surface area (Å²) in [6, 6.07) is 0. The zero-order valence-corrected chi connectivity index (χ0v) is 14.1. The molecule has 1 rings (SSSR count). The van der Waals surface area contributed by atoms with Crippen LogP contribution in [-0.2, 0) is 11.3 Å². The third-order valence-corrected chi connectivity index (χ3v) is 3.49. The average molecular weight is 330 g/mol. The van der Waals surface area contributed by atoms with Gasteiger partial charge in [-0.15, -0.1) is 0 Å². The predicted octanol–water partition coefficient (Wildman–Crippen LogP) is 3.09. The maximum absolute atomic E-state index is 12.4. The first-order valence-electron chi connectivity index (χ1n) is 6.77. The van der Waals surface area contributed by atoms with E-state index >= 15 is 0 Å². The minimum Gasteiger partial charge on any atom is -0.341 e. The van der Waals surface area contributed by atoms with E-state index in [1.807, 2.05) is 18.0 Å². The van der Waals surface area contributed by atoms with E-state index in [0.717, 1.165) is 23.3 Å². The summed E-state index contributed by atoms with van der Waals surface area (Å²) in [6.07, 6.45) is 1.86. The molecule has 0 atom stereocenters. The molecule has 0 aliphatic carbocycles. The topological polar surface area (TPSA) is 38.1 Å². The van der Waals surface area contributed by atoms with Gasteiger partial charge in [-0.25, -0.2) is 0 Å². The van der Waals surface area contributed by atoms with Gasteiger partial charge in [0.15, 0.2) is 0 Å². The lowest BCUT2D eigenvalue weighted by molar-refractivity contribution is -0.133. The fourth-order valence-electron chi connectivity index (χ4n) is 1.97. The molecule has 108 valence electrons. The minimum atomic E-state index is 0.136. The largest absolute Gasteiger partial charge is 0.341 e. The molecule has 0 N–H and O–H groups in total. The monoisotopic (exact) mass is 329 g/mol. The van der Waals surface area contributed by atoms with Crippen molar-refractivity contribution in [3.63, 3.8) is 0 Å². The molecule has 19 heavy (non-hydrogen) atoms. The van der Waals surface area contributed by atoms with Crippen molar-refractivity contribution in [1.29, 1.82) is 0 Å². The summed E-state index contributed by atoms with van der Waals surface area (Å²) < 4.78 is 2.65. The van der Waals surface area contributed by atoms with E-state index in [4.69, 9.17) is 0 Å². The Balaban J connectivity index is 2.70. The molecule has 0 saturated carbocycles. The Morgan fingerprint density at radius 2 is 1.84 bits per heavy atom. The molecule has 0 unspecified atom stereocenters. The zero-order chi connectivity index (χ0) is 14.6. The van der Waals surface area contributed by atoms with Crippen molar-refractivity contribution in [1.82, 2.24) is 14.7 Å². The molecule has 0 aliphatic heterocycles. The van der Waals surface area contributed by atoms with Crippen LogP contribution in [0.4, 0.5) is 0 Å².